The number of nitrogens with zero attached hydrogens (tertiary/aromatic N) is 2. The van der Waals surface area contributed by atoms with Crippen molar-refractivity contribution < 1.29 is 9.59 Å². The highest BCUT2D eigenvalue weighted by molar-refractivity contribution is 5.94. The Morgan fingerprint density at radius 1 is 0.821 bits per heavy atom. The van der Waals surface area contributed by atoms with Gasteiger partial charge in [0.05, 0.1) is 6.04 Å². The second kappa shape index (κ2) is 11.5. The van der Waals surface area contributed by atoms with Gasteiger partial charge in [-0.2, -0.15) is 0 Å². The van der Waals surface area contributed by atoms with Crippen molar-refractivity contribution in [1.29, 1.82) is 0 Å². The molecule has 0 saturated carbocycles. The Morgan fingerprint density at radius 2 is 1.49 bits per heavy atom. The van der Waals surface area contributed by atoms with Crippen LogP contribution in [0.4, 0.5) is 22.7 Å². The van der Waals surface area contributed by atoms with Crippen molar-refractivity contribution in [3.63, 3.8) is 0 Å². The maximum absolute atomic E-state index is 12.6. The van der Waals surface area contributed by atoms with E-state index in [-0.39, 0.29) is 23.9 Å². The third kappa shape index (κ3) is 6.25. The van der Waals surface area contributed by atoms with Crippen molar-refractivity contribution in [2.75, 3.05) is 41.0 Å². The normalized spacial score (nSPS) is 19.7. The van der Waals surface area contributed by atoms with Crippen LogP contribution in [0.5, 0.6) is 0 Å². The molecule has 1 saturated heterocycles. The van der Waals surface area contributed by atoms with E-state index in [0.29, 0.717) is 6.04 Å². The minimum atomic E-state index is -0.0968. The lowest BCUT2D eigenvalue weighted by atomic mass is 9.88. The van der Waals surface area contributed by atoms with Crippen LogP contribution in [0.2, 0.25) is 0 Å². The lowest BCUT2D eigenvalue weighted by Gasteiger charge is -2.40. The van der Waals surface area contributed by atoms with Crippen molar-refractivity contribution >= 4 is 34.6 Å². The average Bonchev–Trinajstić information content (AvgIpc) is 2.90. The Bertz CT molecular complexity index is 1330. The zero-order chi connectivity index (χ0) is 27.5. The highest BCUT2D eigenvalue weighted by atomic mass is 16.2. The highest BCUT2D eigenvalue weighted by Crippen LogP contribution is 2.41. The molecule has 7 nitrogen and oxygen atoms in total. The van der Waals surface area contributed by atoms with Crippen LogP contribution < -0.4 is 20.9 Å². The summed E-state index contributed by atoms with van der Waals surface area (Å²) in [6.07, 6.45) is 3.13. The number of anilines is 4. The van der Waals surface area contributed by atoms with Crippen LogP contribution in [-0.4, -0.2) is 48.9 Å². The monoisotopic (exact) mass is 525 g/mol. The fraction of sp³-hybridized carbons (Fsp3) is 0.375. The molecule has 0 bridgehead atoms. The molecule has 2 amide bonds. The van der Waals surface area contributed by atoms with Crippen LogP contribution in [0.3, 0.4) is 0 Å². The van der Waals surface area contributed by atoms with Crippen LogP contribution in [-0.2, 0) is 9.59 Å². The summed E-state index contributed by atoms with van der Waals surface area (Å²) in [6, 6.07) is 23.4. The van der Waals surface area contributed by atoms with Gasteiger partial charge in [0.1, 0.15) is 0 Å². The summed E-state index contributed by atoms with van der Waals surface area (Å²) in [4.78, 5) is 28.5. The van der Waals surface area contributed by atoms with Crippen LogP contribution >= 0.6 is 0 Å². The van der Waals surface area contributed by atoms with Gasteiger partial charge in [-0.15, -0.1) is 0 Å². The minimum Gasteiger partial charge on any atom is -0.382 e. The van der Waals surface area contributed by atoms with Crippen molar-refractivity contribution in [3.05, 3.63) is 72.3 Å². The number of rotatable bonds is 6. The van der Waals surface area contributed by atoms with E-state index in [9.17, 15) is 9.59 Å². The third-order valence-electron chi connectivity index (χ3n) is 7.85. The van der Waals surface area contributed by atoms with Gasteiger partial charge in [0.25, 0.3) is 0 Å². The first-order valence-electron chi connectivity index (χ1n) is 13.9. The SMILES string of the molecule is CC(=O)Nc1cccc(-c2ccc3c(c2)[C@H](Nc2ccc(NC4CCN(C)CC4)cc2)C[C@H](C)N3C(C)=O)c1. The van der Waals surface area contributed by atoms with Gasteiger partial charge in [0, 0.05) is 48.7 Å². The topological polar surface area (TPSA) is 76.7 Å². The van der Waals surface area contributed by atoms with Gasteiger partial charge < -0.3 is 25.8 Å². The predicted molar refractivity (Wildman–Crippen MR) is 160 cm³/mol. The molecule has 7 heteroatoms. The number of amides is 2. The fourth-order valence-corrected chi connectivity index (χ4v) is 5.89. The highest BCUT2D eigenvalue weighted by Gasteiger charge is 2.32. The average molecular weight is 526 g/mol. The van der Waals surface area contributed by atoms with Crippen molar-refractivity contribution in [2.45, 2.75) is 58.2 Å². The second-order valence-corrected chi connectivity index (χ2v) is 11.0. The fourth-order valence-electron chi connectivity index (χ4n) is 5.89. The van der Waals surface area contributed by atoms with E-state index in [0.717, 1.165) is 71.8 Å². The van der Waals surface area contributed by atoms with Crippen molar-refractivity contribution in [3.8, 4) is 11.1 Å². The predicted octanol–water partition coefficient (Wildman–Crippen LogP) is 6.12. The number of likely N-dealkylation sites (tertiary alicyclic amines) is 1. The van der Waals surface area contributed by atoms with E-state index >= 15 is 0 Å². The lowest BCUT2D eigenvalue weighted by molar-refractivity contribution is -0.117. The summed E-state index contributed by atoms with van der Waals surface area (Å²) >= 11 is 0. The van der Waals surface area contributed by atoms with E-state index in [1.165, 1.54) is 6.92 Å². The third-order valence-corrected chi connectivity index (χ3v) is 7.85. The summed E-state index contributed by atoms with van der Waals surface area (Å²) in [6.45, 7) is 7.52. The smallest absolute Gasteiger partial charge is 0.224 e. The quantitative estimate of drug-likeness (QED) is 0.362. The van der Waals surface area contributed by atoms with E-state index in [1.54, 1.807) is 6.92 Å². The molecule has 2 heterocycles. The van der Waals surface area contributed by atoms with Gasteiger partial charge in [0.2, 0.25) is 11.8 Å². The van der Waals surface area contributed by atoms with Crippen LogP contribution in [0.25, 0.3) is 11.1 Å². The molecule has 3 aromatic rings. The number of hydrogen-bond donors (Lipinski definition) is 3. The Hall–Kier alpha value is -3.84. The van der Waals surface area contributed by atoms with E-state index in [4.69, 9.17) is 0 Å². The summed E-state index contributed by atoms with van der Waals surface area (Å²) in [5, 5.41) is 10.3. The molecule has 2 aliphatic rings. The molecule has 2 aliphatic heterocycles. The van der Waals surface area contributed by atoms with E-state index < -0.39 is 0 Å². The Balaban J connectivity index is 1.39. The number of piperidine rings is 1. The van der Waals surface area contributed by atoms with Gasteiger partial charge in [0.15, 0.2) is 0 Å². The molecule has 0 spiro atoms. The summed E-state index contributed by atoms with van der Waals surface area (Å²) in [7, 11) is 2.18. The van der Waals surface area contributed by atoms with Crippen LogP contribution in [0, 0.1) is 0 Å². The zero-order valence-electron chi connectivity index (χ0n) is 23.3. The molecule has 0 aliphatic carbocycles. The Kier molecular flexibility index (Phi) is 7.89. The molecule has 0 radical (unpaired) electrons. The molecule has 39 heavy (non-hydrogen) atoms. The second-order valence-electron chi connectivity index (χ2n) is 11.0. The minimum absolute atomic E-state index is 0.0481. The molecule has 5 rings (SSSR count). The number of carbonyl (C=O) groups excluding carboxylic acids is 2. The molecule has 3 N–H and O–H groups in total. The maximum Gasteiger partial charge on any atom is 0.224 e. The standard InChI is InChI=1S/C32H39N5O2/c1-21-18-31(35-27-11-9-26(10-12-27)34-28-14-16-36(4)17-15-28)30-20-25(8-13-32(30)37(21)23(3)39)24-6-5-7-29(19-24)33-22(2)38/h5-13,19-21,28,31,34-35H,14-18H2,1-4H3,(H,33,38)/t21-,31+/m0/s1. The number of benzene rings is 3. The first-order chi connectivity index (χ1) is 18.8. The van der Waals surface area contributed by atoms with Crippen molar-refractivity contribution in [1.82, 2.24) is 4.90 Å². The van der Waals surface area contributed by atoms with E-state index in [1.807, 2.05) is 29.2 Å². The number of nitrogens with one attached hydrogen (secondary N) is 3. The maximum atomic E-state index is 12.6. The molecule has 2 atom stereocenters. The largest absolute Gasteiger partial charge is 0.382 e. The Morgan fingerprint density at radius 3 is 2.15 bits per heavy atom. The number of fused-ring (bicyclic) bond motifs is 1. The Labute approximate surface area is 231 Å². The molecule has 3 aromatic carbocycles. The first-order valence-corrected chi connectivity index (χ1v) is 13.9. The van der Waals surface area contributed by atoms with Gasteiger partial charge in [-0.3, -0.25) is 9.59 Å². The lowest BCUT2D eigenvalue weighted by Crippen LogP contribution is -2.43. The number of hydrogen-bond acceptors (Lipinski definition) is 5. The van der Waals surface area contributed by atoms with Crippen LogP contribution in [0.1, 0.15) is 51.6 Å². The van der Waals surface area contributed by atoms with Crippen molar-refractivity contribution in [2.24, 2.45) is 0 Å². The van der Waals surface area contributed by atoms with Gasteiger partial charge >= 0.3 is 0 Å². The molecule has 1 fully saturated rings. The van der Waals surface area contributed by atoms with Gasteiger partial charge in [-0.1, -0.05) is 18.2 Å². The van der Waals surface area contributed by atoms with Crippen LogP contribution in [0.15, 0.2) is 66.7 Å². The van der Waals surface area contributed by atoms with Gasteiger partial charge in [-0.25, -0.2) is 0 Å². The summed E-state index contributed by atoms with van der Waals surface area (Å²) in [5.41, 5.74) is 7.07. The summed E-state index contributed by atoms with van der Waals surface area (Å²) in [5.74, 6) is -0.0487. The zero-order valence-corrected chi connectivity index (χ0v) is 23.3. The van der Waals surface area contributed by atoms with E-state index in [2.05, 4.69) is 77.3 Å². The first kappa shape index (κ1) is 26.8. The molecule has 0 unspecified atom stereocenters. The molecular weight excluding hydrogens is 486 g/mol. The molecule has 0 aromatic heterocycles. The molecular formula is C32H39N5O2. The van der Waals surface area contributed by atoms with Gasteiger partial charge in [-0.05, 0) is 112 Å². The summed E-state index contributed by atoms with van der Waals surface area (Å²) < 4.78 is 0. The number of carbonyl (C=O) groups is 2. The molecule has 204 valence electrons.